The summed E-state index contributed by atoms with van der Waals surface area (Å²) >= 11 is 0. The highest BCUT2D eigenvalue weighted by Crippen LogP contribution is 2.35. The molecule has 2 heterocycles. The molecular formula is C19H21NO5. The van der Waals surface area contributed by atoms with Crippen LogP contribution in [0.15, 0.2) is 39.5 Å². The van der Waals surface area contributed by atoms with Crippen LogP contribution in [0, 0.1) is 5.41 Å². The third-order valence-electron chi connectivity index (χ3n) is 5.03. The lowest BCUT2D eigenvalue weighted by Crippen LogP contribution is -2.50. The number of carbonyl (C=O) groups is 2. The number of benzene rings is 1. The largest absolute Gasteiger partial charge is 0.469 e. The van der Waals surface area contributed by atoms with Crippen LogP contribution in [0.1, 0.15) is 36.5 Å². The lowest BCUT2D eigenvalue weighted by Gasteiger charge is -2.40. The van der Waals surface area contributed by atoms with Crippen molar-refractivity contribution in [2.45, 2.75) is 26.2 Å². The normalized spacial score (nSPS) is 20.5. The maximum atomic E-state index is 12.9. The van der Waals surface area contributed by atoms with Gasteiger partial charge in [-0.2, -0.15) is 0 Å². The summed E-state index contributed by atoms with van der Waals surface area (Å²) in [5.41, 5.74) is -0.926. The SMILES string of the molecule is CCC1(C(=O)OC)CCCN(C(=O)c2cc3ccccc3oc2=O)C1. The van der Waals surface area contributed by atoms with Gasteiger partial charge < -0.3 is 14.1 Å². The zero-order chi connectivity index (χ0) is 18.0. The number of likely N-dealkylation sites (tertiary alicyclic amines) is 1. The molecule has 1 fully saturated rings. The zero-order valence-corrected chi connectivity index (χ0v) is 14.4. The predicted octanol–water partition coefficient (Wildman–Crippen LogP) is 2.60. The first-order valence-electron chi connectivity index (χ1n) is 8.41. The molecule has 1 amide bonds. The fourth-order valence-corrected chi connectivity index (χ4v) is 3.50. The van der Waals surface area contributed by atoms with Crippen molar-refractivity contribution < 1.29 is 18.7 Å². The second-order valence-electron chi connectivity index (χ2n) is 6.44. The summed E-state index contributed by atoms with van der Waals surface area (Å²) in [6.45, 7) is 2.67. The van der Waals surface area contributed by atoms with Gasteiger partial charge in [0, 0.05) is 18.5 Å². The summed E-state index contributed by atoms with van der Waals surface area (Å²) in [4.78, 5) is 38.9. The maximum Gasteiger partial charge on any atom is 0.349 e. The van der Waals surface area contributed by atoms with Gasteiger partial charge in [-0.3, -0.25) is 9.59 Å². The van der Waals surface area contributed by atoms with Gasteiger partial charge in [0.15, 0.2) is 0 Å². The summed E-state index contributed by atoms with van der Waals surface area (Å²) in [5.74, 6) is -0.709. The molecule has 1 unspecified atom stereocenters. The molecule has 1 aliphatic rings. The average molecular weight is 343 g/mol. The minimum Gasteiger partial charge on any atom is -0.469 e. The van der Waals surface area contributed by atoms with E-state index in [-0.39, 0.29) is 18.1 Å². The fraction of sp³-hybridized carbons (Fsp3) is 0.421. The Hall–Kier alpha value is -2.63. The van der Waals surface area contributed by atoms with Gasteiger partial charge in [-0.25, -0.2) is 4.79 Å². The van der Waals surface area contributed by atoms with E-state index < -0.39 is 16.9 Å². The Bertz CT molecular complexity index is 871. The molecule has 0 radical (unpaired) electrons. The molecule has 6 heteroatoms. The molecule has 0 saturated carbocycles. The Morgan fingerprint density at radius 2 is 2.08 bits per heavy atom. The summed E-state index contributed by atoms with van der Waals surface area (Å²) in [5, 5.41) is 0.692. The molecule has 1 aromatic carbocycles. The molecular weight excluding hydrogens is 322 g/mol. The van der Waals surface area contributed by atoms with Crippen molar-refractivity contribution in [3.05, 3.63) is 46.3 Å². The topological polar surface area (TPSA) is 76.8 Å². The van der Waals surface area contributed by atoms with Crippen LogP contribution in [0.4, 0.5) is 0 Å². The van der Waals surface area contributed by atoms with Crippen LogP contribution in [0.5, 0.6) is 0 Å². The summed E-state index contributed by atoms with van der Waals surface area (Å²) in [6, 6.07) is 8.62. The molecule has 132 valence electrons. The van der Waals surface area contributed by atoms with Crippen molar-refractivity contribution in [2.75, 3.05) is 20.2 Å². The van der Waals surface area contributed by atoms with E-state index in [4.69, 9.17) is 9.15 Å². The predicted molar refractivity (Wildman–Crippen MR) is 92.4 cm³/mol. The van der Waals surface area contributed by atoms with Crippen molar-refractivity contribution in [2.24, 2.45) is 5.41 Å². The highest BCUT2D eigenvalue weighted by molar-refractivity contribution is 5.97. The van der Waals surface area contributed by atoms with E-state index in [9.17, 15) is 14.4 Å². The molecule has 0 aliphatic carbocycles. The van der Waals surface area contributed by atoms with Crippen LogP contribution >= 0.6 is 0 Å². The van der Waals surface area contributed by atoms with Crippen LogP contribution in [0.3, 0.4) is 0 Å². The first-order chi connectivity index (χ1) is 12.0. The molecule has 0 N–H and O–H groups in total. The molecule has 2 aromatic rings. The lowest BCUT2D eigenvalue weighted by atomic mass is 9.77. The number of hydrogen-bond donors (Lipinski definition) is 0. The first-order valence-corrected chi connectivity index (χ1v) is 8.41. The molecule has 6 nitrogen and oxygen atoms in total. The molecule has 1 saturated heterocycles. The number of methoxy groups -OCH3 is 1. The van der Waals surface area contributed by atoms with Gasteiger partial charge >= 0.3 is 11.6 Å². The monoisotopic (exact) mass is 343 g/mol. The Kier molecular flexibility index (Phi) is 4.61. The minimum absolute atomic E-state index is 0.00420. The van der Waals surface area contributed by atoms with Crippen molar-refractivity contribution in [3.63, 3.8) is 0 Å². The fourth-order valence-electron chi connectivity index (χ4n) is 3.50. The molecule has 1 atom stereocenters. The van der Waals surface area contributed by atoms with E-state index in [1.54, 1.807) is 29.2 Å². The van der Waals surface area contributed by atoms with Gasteiger partial charge in [0.1, 0.15) is 11.1 Å². The second-order valence-corrected chi connectivity index (χ2v) is 6.44. The van der Waals surface area contributed by atoms with E-state index in [1.807, 2.05) is 13.0 Å². The van der Waals surface area contributed by atoms with Crippen molar-refractivity contribution in [3.8, 4) is 0 Å². The number of esters is 1. The number of nitrogens with zero attached hydrogens (tertiary/aromatic N) is 1. The quantitative estimate of drug-likeness (QED) is 0.632. The van der Waals surface area contributed by atoms with E-state index in [0.29, 0.717) is 36.8 Å². The number of carbonyl (C=O) groups excluding carboxylic acids is 2. The summed E-state index contributed by atoms with van der Waals surface area (Å²) in [6.07, 6.45) is 1.94. The van der Waals surface area contributed by atoms with Gasteiger partial charge in [-0.1, -0.05) is 25.1 Å². The first kappa shape index (κ1) is 17.2. The van der Waals surface area contributed by atoms with Gasteiger partial charge in [0.05, 0.1) is 12.5 Å². The number of para-hydroxylation sites is 1. The van der Waals surface area contributed by atoms with Crippen LogP contribution in [-0.2, 0) is 9.53 Å². The third kappa shape index (κ3) is 3.04. The average Bonchev–Trinajstić information content (AvgIpc) is 2.66. The summed E-state index contributed by atoms with van der Waals surface area (Å²) < 4.78 is 10.2. The van der Waals surface area contributed by atoms with E-state index in [1.165, 1.54) is 7.11 Å². The van der Waals surface area contributed by atoms with Crippen molar-refractivity contribution >= 4 is 22.8 Å². The highest BCUT2D eigenvalue weighted by atomic mass is 16.5. The molecule has 0 bridgehead atoms. The standard InChI is InChI=1S/C19H21NO5/c1-3-19(18(23)24-2)9-6-10-20(12-19)16(21)14-11-13-7-4-5-8-15(13)25-17(14)22/h4-5,7-8,11H,3,6,9-10,12H2,1-2H3. The van der Waals surface area contributed by atoms with E-state index >= 15 is 0 Å². The van der Waals surface area contributed by atoms with E-state index in [0.717, 1.165) is 0 Å². The maximum absolute atomic E-state index is 12.9. The number of hydrogen-bond acceptors (Lipinski definition) is 5. The second kappa shape index (κ2) is 6.70. The molecule has 3 rings (SSSR count). The Balaban J connectivity index is 1.94. The Labute approximate surface area is 145 Å². The smallest absolute Gasteiger partial charge is 0.349 e. The Morgan fingerprint density at radius 1 is 1.32 bits per heavy atom. The summed E-state index contributed by atoms with van der Waals surface area (Å²) in [7, 11) is 1.36. The number of piperidine rings is 1. The minimum atomic E-state index is -0.709. The van der Waals surface area contributed by atoms with Gasteiger partial charge in [0.25, 0.3) is 5.91 Å². The highest BCUT2D eigenvalue weighted by Gasteiger charge is 2.43. The molecule has 1 aromatic heterocycles. The molecule has 1 aliphatic heterocycles. The number of rotatable bonds is 3. The molecule has 0 spiro atoms. The van der Waals surface area contributed by atoms with E-state index in [2.05, 4.69) is 0 Å². The van der Waals surface area contributed by atoms with Crippen LogP contribution in [-0.4, -0.2) is 37.0 Å². The number of ether oxygens (including phenoxy) is 1. The van der Waals surface area contributed by atoms with Crippen LogP contribution in [0.2, 0.25) is 0 Å². The van der Waals surface area contributed by atoms with Gasteiger partial charge in [0.2, 0.25) is 0 Å². The van der Waals surface area contributed by atoms with Gasteiger partial charge in [-0.05, 0) is 31.4 Å². The van der Waals surface area contributed by atoms with Crippen molar-refractivity contribution in [1.29, 1.82) is 0 Å². The van der Waals surface area contributed by atoms with Crippen molar-refractivity contribution in [1.82, 2.24) is 4.90 Å². The van der Waals surface area contributed by atoms with Crippen LogP contribution < -0.4 is 5.63 Å². The number of fused-ring (bicyclic) bond motifs is 1. The lowest BCUT2D eigenvalue weighted by molar-refractivity contribution is -0.156. The number of amides is 1. The third-order valence-corrected chi connectivity index (χ3v) is 5.03. The van der Waals surface area contributed by atoms with Crippen LogP contribution in [0.25, 0.3) is 11.0 Å². The molecule has 25 heavy (non-hydrogen) atoms. The Morgan fingerprint density at radius 3 is 2.80 bits per heavy atom. The zero-order valence-electron chi connectivity index (χ0n) is 14.4. The van der Waals surface area contributed by atoms with Gasteiger partial charge in [-0.15, -0.1) is 0 Å².